The minimum Gasteiger partial charge on any atom is -0.480 e. The predicted molar refractivity (Wildman–Crippen MR) is 58.1 cm³/mol. The first kappa shape index (κ1) is 12.5. The second-order valence-corrected chi connectivity index (χ2v) is 3.87. The molecule has 90 valence electrons. The lowest BCUT2D eigenvalue weighted by atomic mass is 10.2. The van der Waals surface area contributed by atoms with E-state index in [1.807, 2.05) is 0 Å². The van der Waals surface area contributed by atoms with Gasteiger partial charge in [0.2, 0.25) is 0 Å². The van der Waals surface area contributed by atoms with E-state index in [0.717, 1.165) is 25.7 Å². The highest BCUT2D eigenvalue weighted by atomic mass is 16.6. The van der Waals surface area contributed by atoms with E-state index in [1.54, 1.807) is 0 Å². The van der Waals surface area contributed by atoms with E-state index in [2.05, 4.69) is 11.9 Å². The van der Waals surface area contributed by atoms with E-state index in [4.69, 9.17) is 9.84 Å². The number of aliphatic carboxylic acids is 1. The van der Waals surface area contributed by atoms with Crippen LogP contribution in [0.3, 0.4) is 0 Å². The van der Waals surface area contributed by atoms with Crippen LogP contribution in [0.1, 0.15) is 32.1 Å². The Kier molecular flexibility index (Phi) is 4.82. The van der Waals surface area contributed by atoms with Crippen molar-refractivity contribution in [2.45, 2.75) is 44.2 Å². The van der Waals surface area contributed by atoms with E-state index in [-0.39, 0.29) is 12.5 Å². The van der Waals surface area contributed by atoms with Gasteiger partial charge in [-0.05, 0) is 32.1 Å². The van der Waals surface area contributed by atoms with Crippen LogP contribution in [0, 0.1) is 0 Å². The van der Waals surface area contributed by atoms with Crippen molar-refractivity contribution in [2.75, 3.05) is 0 Å². The summed E-state index contributed by atoms with van der Waals surface area (Å²) in [5.41, 5.74) is 0. The fourth-order valence-electron chi connectivity index (χ4n) is 1.72. The van der Waals surface area contributed by atoms with Gasteiger partial charge in [0.05, 0.1) is 0 Å². The highest BCUT2D eigenvalue weighted by molar-refractivity contribution is 5.80. The summed E-state index contributed by atoms with van der Waals surface area (Å²) in [5, 5.41) is 11.1. The molecule has 1 saturated carbocycles. The molecule has 0 heterocycles. The van der Waals surface area contributed by atoms with Crippen molar-refractivity contribution < 1.29 is 19.4 Å². The molecule has 1 rings (SSSR count). The lowest BCUT2D eigenvalue weighted by Crippen LogP contribution is -2.41. The Bertz CT molecular complexity index is 271. The fraction of sp³-hybridized carbons (Fsp3) is 0.636. The summed E-state index contributed by atoms with van der Waals surface area (Å²) in [4.78, 5) is 22.1. The maximum absolute atomic E-state index is 11.4. The summed E-state index contributed by atoms with van der Waals surface area (Å²) in [6, 6.07) is -0.952. The molecule has 0 aromatic carbocycles. The second-order valence-electron chi connectivity index (χ2n) is 3.87. The quantitative estimate of drug-likeness (QED) is 0.701. The van der Waals surface area contributed by atoms with E-state index in [9.17, 15) is 9.59 Å². The summed E-state index contributed by atoms with van der Waals surface area (Å²) >= 11 is 0. The molecule has 1 fully saturated rings. The third kappa shape index (κ3) is 3.92. The van der Waals surface area contributed by atoms with Gasteiger partial charge in [-0.2, -0.15) is 0 Å². The maximum atomic E-state index is 11.4. The van der Waals surface area contributed by atoms with Crippen molar-refractivity contribution >= 4 is 12.1 Å². The molecule has 16 heavy (non-hydrogen) atoms. The lowest BCUT2D eigenvalue weighted by Gasteiger charge is -2.15. The molecule has 0 aliphatic heterocycles. The summed E-state index contributed by atoms with van der Waals surface area (Å²) in [5.74, 6) is -1.08. The number of carboxylic acid groups (broad SMARTS) is 1. The predicted octanol–water partition coefficient (Wildman–Crippen LogP) is 1.68. The number of nitrogens with one attached hydrogen (secondary N) is 1. The molecule has 0 unspecified atom stereocenters. The Balaban J connectivity index is 2.35. The standard InChI is InChI=1S/C11H17NO4/c1-2-5-9(10(13)14)12-11(15)16-8-6-3-4-7-8/h2,8-9H,1,3-7H2,(H,12,15)(H,13,14)/t9-/m1/s1. The van der Waals surface area contributed by atoms with Crippen LogP contribution in [0.5, 0.6) is 0 Å². The topological polar surface area (TPSA) is 75.6 Å². The summed E-state index contributed by atoms with van der Waals surface area (Å²) in [6.45, 7) is 3.44. The lowest BCUT2D eigenvalue weighted by molar-refractivity contribution is -0.139. The molecule has 5 nitrogen and oxygen atoms in total. The first-order valence-corrected chi connectivity index (χ1v) is 5.44. The SMILES string of the molecule is C=CC[C@@H](NC(=O)OC1CCCC1)C(=O)O. The minimum absolute atomic E-state index is 0.0572. The van der Waals surface area contributed by atoms with Gasteiger partial charge >= 0.3 is 12.1 Å². The van der Waals surface area contributed by atoms with Gasteiger partial charge in [-0.25, -0.2) is 9.59 Å². The summed E-state index contributed by atoms with van der Waals surface area (Å²) in [6.07, 6.45) is 4.79. The monoisotopic (exact) mass is 227 g/mol. The van der Waals surface area contributed by atoms with Crippen LogP contribution in [0.4, 0.5) is 4.79 Å². The number of ether oxygens (including phenoxy) is 1. The number of hydrogen-bond donors (Lipinski definition) is 2. The zero-order valence-corrected chi connectivity index (χ0v) is 9.15. The Morgan fingerprint density at radius 3 is 2.62 bits per heavy atom. The van der Waals surface area contributed by atoms with Gasteiger partial charge in [-0.1, -0.05) is 6.08 Å². The molecular formula is C11H17NO4. The number of rotatable bonds is 5. The average Bonchev–Trinajstić information content (AvgIpc) is 2.69. The van der Waals surface area contributed by atoms with Crippen molar-refractivity contribution in [3.63, 3.8) is 0 Å². The van der Waals surface area contributed by atoms with Gasteiger partial charge in [-0.15, -0.1) is 6.58 Å². The Labute approximate surface area is 94.5 Å². The summed E-state index contributed by atoms with van der Waals surface area (Å²) in [7, 11) is 0. The average molecular weight is 227 g/mol. The highest BCUT2D eigenvalue weighted by Gasteiger charge is 2.23. The van der Waals surface area contributed by atoms with Crippen molar-refractivity contribution in [2.24, 2.45) is 0 Å². The number of carbonyl (C=O) groups is 2. The number of carboxylic acids is 1. The molecule has 2 N–H and O–H groups in total. The number of carbonyl (C=O) groups excluding carboxylic acids is 1. The van der Waals surface area contributed by atoms with Gasteiger partial charge < -0.3 is 15.2 Å². The highest BCUT2D eigenvalue weighted by Crippen LogP contribution is 2.20. The second kappa shape index (κ2) is 6.15. The number of alkyl carbamates (subject to hydrolysis) is 1. The first-order chi connectivity index (χ1) is 7.63. The van der Waals surface area contributed by atoms with Gasteiger partial charge in [0.15, 0.2) is 0 Å². The Morgan fingerprint density at radius 2 is 2.12 bits per heavy atom. The fourth-order valence-corrected chi connectivity index (χ4v) is 1.72. The largest absolute Gasteiger partial charge is 0.480 e. The molecule has 1 amide bonds. The molecular weight excluding hydrogens is 210 g/mol. The van der Waals surface area contributed by atoms with Crippen molar-refractivity contribution in [1.29, 1.82) is 0 Å². The zero-order chi connectivity index (χ0) is 12.0. The van der Waals surface area contributed by atoms with Crippen LogP contribution in [-0.4, -0.2) is 29.3 Å². The van der Waals surface area contributed by atoms with Crippen molar-refractivity contribution in [1.82, 2.24) is 5.32 Å². The van der Waals surface area contributed by atoms with Gasteiger partial charge in [-0.3, -0.25) is 0 Å². The van der Waals surface area contributed by atoms with E-state index < -0.39 is 18.1 Å². The summed E-state index contributed by atoms with van der Waals surface area (Å²) < 4.78 is 5.09. The van der Waals surface area contributed by atoms with E-state index >= 15 is 0 Å². The van der Waals surface area contributed by atoms with E-state index in [1.165, 1.54) is 6.08 Å². The van der Waals surface area contributed by atoms with Crippen LogP contribution in [0.15, 0.2) is 12.7 Å². The molecule has 0 aromatic rings. The smallest absolute Gasteiger partial charge is 0.408 e. The molecule has 1 aliphatic rings. The molecule has 1 atom stereocenters. The zero-order valence-electron chi connectivity index (χ0n) is 9.15. The molecule has 5 heteroatoms. The van der Waals surface area contributed by atoms with Gasteiger partial charge in [0.25, 0.3) is 0 Å². The van der Waals surface area contributed by atoms with Crippen LogP contribution in [0.2, 0.25) is 0 Å². The van der Waals surface area contributed by atoms with Gasteiger partial charge in [0.1, 0.15) is 12.1 Å². The Morgan fingerprint density at radius 1 is 1.50 bits per heavy atom. The van der Waals surface area contributed by atoms with Crippen molar-refractivity contribution in [3.8, 4) is 0 Å². The minimum atomic E-state index is -1.08. The molecule has 1 aliphatic carbocycles. The molecule has 0 radical (unpaired) electrons. The van der Waals surface area contributed by atoms with Gasteiger partial charge in [0, 0.05) is 0 Å². The van der Waals surface area contributed by atoms with E-state index in [0.29, 0.717) is 0 Å². The number of amides is 1. The third-order valence-electron chi connectivity index (χ3n) is 2.57. The van der Waals surface area contributed by atoms with Crippen LogP contribution < -0.4 is 5.32 Å². The molecule has 0 aromatic heterocycles. The Hall–Kier alpha value is -1.52. The van der Waals surface area contributed by atoms with Crippen LogP contribution in [0.25, 0.3) is 0 Å². The molecule has 0 bridgehead atoms. The van der Waals surface area contributed by atoms with Crippen LogP contribution >= 0.6 is 0 Å². The molecule has 0 spiro atoms. The molecule has 0 saturated heterocycles. The normalized spacial score (nSPS) is 17.8. The third-order valence-corrected chi connectivity index (χ3v) is 2.57. The van der Waals surface area contributed by atoms with Crippen LogP contribution in [-0.2, 0) is 9.53 Å². The first-order valence-electron chi connectivity index (χ1n) is 5.44. The maximum Gasteiger partial charge on any atom is 0.408 e. The number of hydrogen-bond acceptors (Lipinski definition) is 3. The van der Waals surface area contributed by atoms with Crippen molar-refractivity contribution in [3.05, 3.63) is 12.7 Å².